The van der Waals surface area contributed by atoms with Gasteiger partial charge in [-0.25, -0.2) is 0 Å². The summed E-state index contributed by atoms with van der Waals surface area (Å²) < 4.78 is 5.63. The third-order valence-corrected chi connectivity index (χ3v) is 3.84. The Bertz CT molecular complexity index is 392. The fourth-order valence-corrected chi connectivity index (χ4v) is 2.69. The van der Waals surface area contributed by atoms with Gasteiger partial charge in [0.15, 0.2) is 0 Å². The van der Waals surface area contributed by atoms with E-state index in [0.717, 1.165) is 0 Å². The molecule has 100 valence electrons. The van der Waals surface area contributed by atoms with Gasteiger partial charge >= 0.3 is 0 Å². The third-order valence-electron chi connectivity index (χ3n) is 3.84. The smallest absolute Gasteiger partial charge is 0.144 e. The first-order valence-electron chi connectivity index (χ1n) is 6.86. The van der Waals surface area contributed by atoms with E-state index in [1.807, 2.05) is 19.9 Å². The second kappa shape index (κ2) is 5.76. The largest absolute Gasteiger partial charge is 0.359 e. The van der Waals surface area contributed by atoms with Crippen LogP contribution in [0.2, 0.25) is 0 Å². The maximum absolute atomic E-state index is 5.63. The van der Waals surface area contributed by atoms with E-state index in [0.29, 0.717) is 6.61 Å². The van der Waals surface area contributed by atoms with Crippen molar-refractivity contribution < 1.29 is 4.74 Å². The highest BCUT2D eigenvalue weighted by Gasteiger charge is 2.27. The topological polar surface area (TPSA) is 9.23 Å². The average molecular weight is 246 g/mol. The zero-order valence-electron chi connectivity index (χ0n) is 12.5. The molecule has 1 aliphatic carbocycles. The standard InChI is InChI=1S/C17H26O/c1-7-17(6,18-8-2)13-11-15-14(3)10-9-12-16(15,4)5/h1,11,13H,8-10,12H2,2-6H3. The molecular weight excluding hydrogens is 220 g/mol. The quantitative estimate of drug-likeness (QED) is 0.664. The SMILES string of the molecule is C#CC(C)(C=CC1=C(C)CCCC1(C)C)OCC. The van der Waals surface area contributed by atoms with Crippen LogP contribution in [-0.4, -0.2) is 12.2 Å². The molecule has 0 radical (unpaired) electrons. The molecule has 1 aliphatic rings. The van der Waals surface area contributed by atoms with Gasteiger partial charge in [0.1, 0.15) is 5.60 Å². The van der Waals surface area contributed by atoms with Crippen LogP contribution in [0.1, 0.15) is 53.9 Å². The minimum absolute atomic E-state index is 0.251. The molecule has 0 aromatic heterocycles. The van der Waals surface area contributed by atoms with Gasteiger partial charge in [-0.05, 0) is 57.1 Å². The summed E-state index contributed by atoms with van der Waals surface area (Å²) in [4.78, 5) is 0. The maximum atomic E-state index is 5.63. The summed E-state index contributed by atoms with van der Waals surface area (Å²) in [6.07, 6.45) is 13.5. The van der Waals surface area contributed by atoms with Gasteiger partial charge in [0, 0.05) is 6.61 Å². The first-order chi connectivity index (χ1) is 8.34. The van der Waals surface area contributed by atoms with Crippen molar-refractivity contribution in [1.82, 2.24) is 0 Å². The molecule has 0 saturated heterocycles. The summed E-state index contributed by atoms with van der Waals surface area (Å²) in [7, 11) is 0. The molecule has 1 unspecified atom stereocenters. The predicted molar refractivity (Wildman–Crippen MR) is 78.3 cm³/mol. The van der Waals surface area contributed by atoms with Gasteiger partial charge in [-0.15, -0.1) is 6.42 Å². The third kappa shape index (κ3) is 3.50. The molecule has 0 amide bonds. The van der Waals surface area contributed by atoms with Crippen molar-refractivity contribution in [2.45, 2.75) is 59.5 Å². The van der Waals surface area contributed by atoms with Crippen LogP contribution in [0.15, 0.2) is 23.3 Å². The number of rotatable bonds is 4. The van der Waals surface area contributed by atoms with Gasteiger partial charge < -0.3 is 4.74 Å². The number of allylic oxidation sites excluding steroid dienone is 3. The fourth-order valence-electron chi connectivity index (χ4n) is 2.69. The van der Waals surface area contributed by atoms with E-state index in [-0.39, 0.29) is 5.41 Å². The number of ether oxygens (including phenoxy) is 1. The molecule has 18 heavy (non-hydrogen) atoms. The maximum Gasteiger partial charge on any atom is 0.144 e. The van der Waals surface area contributed by atoms with Gasteiger partial charge in [-0.2, -0.15) is 0 Å². The van der Waals surface area contributed by atoms with Crippen molar-refractivity contribution in [2.75, 3.05) is 6.61 Å². The zero-order chi connectivity index (χ0) is 13.8. The minimum Gasteiger partial charge on any atom is -0.359 e. The Morgan fingerprint density at radius 3 is 2.67 bits per heavy atom. The lowest BCUT2D eigenvalue weighted by atomic mass is 9.72. The molecule has 0 bridgehead atoms. The molecule has 0 aromatic rings. The number of hydrogen-bond donors (Lipinski definition) is 0. The van der Waals surface area contributed by atoms with Crippen molar-refractivity contribution in [2.24, 2.45) is 5.41 Å². The summed E-state index contributed by atoms with van der Waals surface area (Å²) in [5.41, 5.74) is 2.57. The van der Waals surface area contributed by atoms with Crippen LogP contribution in [0.4, 0.5) is 0 Å². The lowest BCUT2D eigenvalue weighted by molar-refractivity contribution is 0.0583. The Hall–Kier alpha value is -1.00. The summed E-state index contributed by atoms with van der Waals surface area (Å²) in [5, 5.41) is 0. The van der Waals surface area contributed by atoms with Gasteiger partial charge in [0.05, 0.1) is 0 Å². The van der Waals surface area contributed by atoms with Crippen LogP contribution in [0, 0.1) is 17.8 Å². The average Bonchev–Trinajstić information content (AvgIpc) is 2.28. The van der Waals surface area contributed by atoms with E-state index in [2.05, 4.69) is 32.8 Å². The number of terminal acetylenes is 1. The Morgan fingerprint density at radius 2 is 2.17 bits per heavy atom. The Kier molecular flexibility index (Phi) is 4.82. The van der Waals surface area contributed by atoms with Gasteiger partial charge in [-0.1, -0.05) is 31.4 Å². The summed E-state index contributed by atoms with van der Waals surface area (Å²) in [6.45, 7) is 11.4. The van der Waals surface area contributed by atoms with Crippen molar-refractivity contribution in [1.29, 1.82) is 0 Å². The first kappa shape index (κ1) is 15.1. The van der Waals surface area contributed by atoms with Crippen molar-refractivity contribution in [3.63, 3.8) is 0 Å². The Balaban J connectivity index is 2.98. The second-order valence-electron chi connectivity index (χ2n) is 5.95. The first-order valence-corrected chi connectivity index (χ1v) is 6.86. The summed E-state index contributed by atoms with van der Waals surface area (Å²) >= 11 is 0. The Labute approximate surface area is 112 Å². The molecule has 0 saturated carbocycles. The summed E-state index contributed by atoms with van der Waals surface area (Å²) in [6, 6.07) is 0. The lowest BCUT2D eigenvalue weighted by Crippen LogP contribution is -2.25. The van der Waals surface area contributed by atoms with Crippen molar-refractivity contribution in [3.8, 4) is 12.3 Å². The lowest BCUT2D eigenvalue weighted by Gasteiger charge is -2.33. The molecule has 1 nitrogen and oxygen atoms in total. The van der Waals surface area contributed by atoms with Crippen LogP contribution >= 0.6 is 0 Å². The molecule has 0 spiro atoms. The molecular formula is C17H26O. The van der Waals surface area contributed by atoms with E-state index in [9.17, 15) is 0 Å². The molecule has 0 fully saturated rings. The van der Waals surface area contributed by atoms with E-state index in [1.165, 1.54) is 30.4 Å². The van der Waals surface area contributed by atoms with Crippen LogP contribution in [0.25, 0.3) is 0 Å². The summed E-state index contributed by atoms with van der Waals surface area (Å²) in [5.74, 6) is 2.73. The highest BCUT2D eigenvalue weighted by atomic mass is 16.5. The van der Waals surface area contributed by atoms with E-state index >= 15 is 0 Å². The fraction of sp³-hybridized carbons (Fsp3) is 0.647. The van der Waals surface area contributed by atoms with E-state index in [1.54, 1.807) is 0 Å². The molecule has 0 aliphatic heterocycles. The Morgan fingerprint density at radius 1 is 1.50 bits per heavy atom. The molecule has 0 heterocycles. The van der Waals surface area contributed by atoms with E-state index < -0.39 is 5.60 Å². The molecule has 0 aromatic carbocycles. The molecule has 1 heteroatoms. The second-order valence-corrected chi connectivity index (χ2v) is 5.95. The highest BCUT2D eigenvalue weighted by Crippen LogP contribution is 2.41. The van der Waals surface area contributed by atoms with Crippen molar-refractivity contribution >= 4 is 0 Å². The molecule has 0 N–H and O–H groups in total. The van der Waals surface area contributed by atoms with Crippen LogP contribution in [0.5, 0.6) is 0 Å². The van der Waals surface area contributed by atoms with Gasteiger partial charge in [0.25, 0.3) is 0 Å². The van der Waals surface area contributed by atoms with Crippen molar-refractivity contribution in [3.05, 3.63) is 23.3 Å². The van der Waals surface area contributed by atoms with Gasteiger partial charge in [0.2, 0.25) is 0 Å². The zero-order valence-corrected chi connectivity index (χ0v) is 12.5. The normalized spacial score (nSPS) is 22.9. The van der Waals surface area contributed by atoms with Crippen LogP contribution < -0.4 is 0 Å². The number of hydrogen-bond acceptors (Lipinski definition) is 1. The predicted octanol–water partition coefficient (Wildman–Crippen LogP) is 4.50. The van der Waals surface area contributed by atoms with E-state index in [4.69, 9.17) is 11.2 Å². The van der Waals surface area contributed by atoms with Crippen LogP contribution in [-0.2, 0) is 4.74 Å². The minimum atomic E-state index is -0.588. The monoisotopic (exact) mass is 246 g/mol. The van der Waals surface area contributed by atoms with Crippen LogP contribution in [0.3, 0.4) is 0 Å². The molecule has 1 atom stereocenters. The molecule has 1 rings (SSSR count). The highest BCUT2D eigenvalue weighted by molar-refractivity contribution is 5.35. The van der Waals surface area contributed by atoms with Gasteiger partial charge in [-0.3, -0.25) is 0 Å².